The minimum absolute atomic E-state index is 0.00534. The molecule has 1 aromatic rings. The Bertz CT molecular complexity index is 558. The van der Waals surface area contributed by atoms with Crippen molar-refractivity contribution in [1.82, 2.24) is 9.80 Å². The minimum atomic E-state index is -0.0451. The third-order valence-electron chi connectivity index (χ3n) is 4.42. The molecule has 1 aromatic carbocycles. The second kappa shape index (κ2) is 5.48. The number of amides is 2. The average molecular weight is 287 g/mol. The van der Waals surface area contributed by atoms with Crippen molar-refractivity contribution in [3.05, 3.63) is 29.8 Å². The van der Waals surface area contributed by atoms with Crippen LogP contribution in [0.1, 0.15) is 30.1 Å². The van der Waals surface area contributed by atoms with Gasteiger partial charge in [0.15, 0.2) is 5.78 Å². The van der Waals surface area contributed by atoms with Crippen molar-refractivity contribution in [2.24, 2.45) is 0 Å². The largest absolute Gasteiger partial charge is 0.322 e. The number of hydrogen-bond donors (Lipinski definition) is 1. The Morgan fingerprint density at radius 3 is 2.48 bits per heavy atom. The second-order valence-electron chi connectivity index (χ2n) is 6.08. The van der Waals surface area contributed by atoms with Crippen molar-refractivity contribution in [3.8, 4) is 0 Å². The maximum Gasteiger partial charge on any atom is 0.322 e. The van der Waals surface area contributed by atoms with E-state index in [4.69, 9.17) is 0 Å². The molecule has 3 rings (SSSR count). The highest BCUT2D eigenvalue weighted by Crippen LogP contribution is 2.30. The Hall–Kier alpha value is -1.88. The van der Waals surface area contributed by atoms with E-state index >= 15 is 0 Å². The van der Waals surface area contributed by atoms with Gasteiger partial charge >= 0.3 is 6.03 Å². The van der Waals surface area contributed by atoms with Crippen LogP contribution >= 0.6 is 0 Å². The maximum absolute atomic E-state index is 12.5. The van der Waals surface area contributed by atoms with Gasteiger partial charge in [-0.2, -0.15) is 0 Å². The standard InChI is InChI=1S/C16H21N3O2/c1-11(20)12-4-3-5-13(8-12)17-16(21)19-14-6-7-15(19)10-18(2)9-14/h3-5,8,14-15H,6-7,9-10H2,1-2H3,(H,17,21). The van der Waals surface area contributed by atoms with Crippen molar-refractivity contribution in [2.45, 2.75) is 31.8 Å². The number of piperazine rings is 1. The molecule has 2 bridgehead atoms. The molecule has 1 N–H and O–H groups in total. The quantitative estimate of drug-likeness (QED) is 0.848. The molecule has 2 unspecified atom stereocenters. The first-order valence-electron chi connectivity index (χ1n) is 7.43. The first-order chi connectivity index (χ1) is 10.0. The van der Waals surface area contributed by atoms with Gasteiger partial charge in [0, 0.05) is 36.4 Å². The molecular weight excluding hydrogens is 266 g/mol. The van der Waals surface area contributed by atoms with Gasteiger partial charge in [-0.05, 0) is 38.9 Å². The number of rotatable bonds is 2. The van der Waals surface area contributed by atoms with E-state index in [1.807, 2.05) is 11.0 Å². The van der Waals surface area contributed by atoms with Crippen LogP contribution in [0, 0.1) is 0 Å². The van der Waals surface area contributed by atoms with Gasteiger partial charge in [-0.25, -0.2) is 4.79 Å². The molecular formula is C16H21N3O2. The highest BCUT2D eigenvalue weighted by molar-refractivity contribution is 5.96. The van der Waals surface area contributed by atoms with Crippen LogP contribution in [0.4, 0.5) is 10.5 Å². The summed E-state index contributed by atoms with van der Waals surface area (Å²) >= 11 is 0. The lowest BCUT2D eigenvalue weighted by molar-refractivity contribution is 0.101. The molecule has 0 saturated carbocycles. The predicted molar refractivity (Wildman–Crippen MR) is 81.6 cm³/mol. The van der Waals surface area contributed by atoms with Crippen LogP contribution in [0.15, 0.2) is 24.3 Å². The van der Waals surface area contributed by atoms with Gasteiger partial charge < -0.3 is 15.1 Å². The second-order valence-corrected chi connectivity index (χ2v) is 6.08. The van der Waals surface area contributed by atoms with Gasteiger partial charge in [-0.15, -0.1) is 0 Å². The van der Waals surface area contributed by atoms with Crippen LogP contribution in [0.3, 0.4) is 0 Å². The van der Waals surface area contributed by atoms with Crippen LogP contribution in [0.5, 0.6) is 0 Å². The van der Waals surface area contributed by atoms with E-state index in [1.165, 1.54) is 6.92 Å². The fraction of sp³-hybridized carbons (Fsp3) is 0.500. The molecule has 0 radical (unpaired) electrons. The van der Waals surface area contributed by atoms with Crippen LogP contribution in [0.25, 0.3) is 0 Å². The summed E-state index contributed by atoms with van der Waals surface area (Å²) in [5.74, 6) is 0.00534. The van der Waals surface area contributed by atoms with Gasteiger partial charge in [0.05, 0.1) is 0 Å². The highest BCUT2D eigenvalue weighted by atomic mass is 16.2. The van der Waals surface area contributed by atoms with Crippen molar-refractivity contribution < 1.29 is 9.59 Å². The molecule has 21 heavy (non-hydrogen) atoms. The van der Waals surface area contributed by atoms with Crippen LogP contribution in [-0.2, 0) is 0 Å². The van der Waals surface area contributed by atoms with Crippen molar-refractivity contribution in [3.63, 3.8) is 0 Å². The summed E-state index contributed by atoms with van der Waals surface area (Å²) in [5, 5.41) is 2.94. The van der Waals surface area contributed by atoms with Crippen LogP contribution in [-0.4, -0.2) is 53.8 Å². The molecule has 2 fully saturated rings. The first-order valence-corrected chi connectivity index (χ1v) is 7.43. The molecule has 2 amide bonds. The number of ketones is 1. The lowest BCUT2D eigenvalue weighted by Crippen LogP contribution is -2.55. The number of carbonyl (C=O) groups is 2. The molecule has 0 aromatic heterocycles. The maximum atomic E-state index is 12.5. The van der Waals surface area contributed by atoms with Gasteiger partial charge in [0.2, 0.25) is 0 Å². The Labute approximate surface area is 124 Å². The van der Waals surface area contributed by atoms with Crippen molar-refractivity contribution in [1.29, 1.82) is 0 Å². The molecule has 5 heteroatoms. The number of anilines is 1. The lowest BCUT2D eigenvalue weighted by Gasteiger charge is -2.39. The van der Waals surface area contributed by atoms with Crippen molar-refractivity contribution >= 4 is 17.5 Å². The van der Waals surface area contributed by atoms with Crippen molar-refractivity contribution in [2.75, 3.05) is 25.5 Å². The third-order valence-corrected chi connectivity index (χ3v) is 4.42. The number of fused-ring (bicyclic) bond motifs is 2. The molecule has 112 valence electrons. The zero-order valence-electron chi connectivity index (χ0n) is 12.5. The Morgan fingerprint density at radius 1 is 1.19 bits per heavy atom. The fourth-order valence-electron chi connectivity index (χ4n) is 3.45. The highest BCUT2D eigenvalue weighted by Gasteiger charge is 2.41. The monoisotopic (exact) mass is 287 g/mol. The number of likely N-dealkylation sites (N-methyl/N-ethyl adjacent to an activating group) is 1. The van der Waals surface area contributed by atoms with Gasteiger partial charge in [0.25, 0.3) is 0 Å². The first kappa shape index (κ1) is 14.1. The molecule has 5 nitrogen and oxygen atoms in total. The third kappa shape index (κ3) is 2.78. The number of urea groups is 1. The topological polar surface area (TPSA) is 52.7 Å². The summed E-state index contributed by atoms with van der Waals surface area (Å²) in [6, 6.07) is 7.69. The van der Waals surface area contributed by atoms with Gasteiger partial charge in [0.1, 0.15) is 0 Å². The smallest absolute Gasteiger partial charge is 0.316 e. The van der Waals surface area contributed by atoms with Crippen LogP contribution < -0.4 is 5.32 Å². The molecule has 0 aliphatic carbocycles. The zero-order valence-corrected chi connectivity index (χ0v) is 12.5. The predicted octanol–water partition coefficient (Wildman–Crippen LogP) is 2.20. The normalized spacial score (nSPS) is 25.0. The Balaban J connectivity index is 1.72. The summed E-state index contributed by atoms with van der Waals surface area (Å²) in [6.45, 7) is 3.41. The summed E-state index contributed by atoms with van der Waals surface area (Å²) in [5.41, 5.74) is 1.31. The van der Waals surface area contributed by atoms with Gasteiger partial charge in [-0.1, -0.05) is 12.1 Å². The summed E-state index contributed by atoms with van der Waals surface area (Å²) < 4.78 is 0. The number of likely N-dealkylation sites (tertiary alicyclic amines) is 1. The van der Waals surface area contributed by atoms with E-state index in [0.717, 1.165) is 25.9 Å². The number of Topliss-reactive ketones (excluding diaryl/α,β-unsaturated/α-hetero) is 1. The number of nitrogens with one attached hydrogen (secondary N) is 1. The fourth-order valence-corrected chi connectivity index (χ4v) is 3.45. The lowest BCUT2D eigenvalue weighted by atomic mass is 10.1. The molecule has 2 heterocycles. The minimum Gasteiger partial charge on any atom is -0.316 e. The summed E-state index contributed by atoms with van der Waals surface area (Å²) in [7, 11) is 2.11. The zero-order chi connectivity index (χ0) is 15.0. The molecule has 2 atom stereocenters. The van der Waals surface area contributed by atoms with E-state index in [2.05, 4.69) is 17.3 Å². The molecule has 0 spiro atoms. The summed E-state index contributed by atoms with van der Waals surface area (Å²) in [4.78, 5) is 28.2. The average Bonchev–Trinajstić information content (AvgIpc) is 2.71. The number of hydrogen-bond acceptors (Lipinski definition) is 3. The van der Waals surface area contributed by atoms with E-state index in [-0.39, 0.29) is 11.8 Å². The molecule has 2 aliphatic heterocycles. The summed E-state index contributed by atoms with van der Waals surface area (Å²) in [6.07, 6.45) is 2.16. The van der Waals surface area contributed by atoms with E-state index < -0.39 is 0 Å². The van der Waals surface area contributed by atoms with E-state index in [1.54, 1.807) is 18.2 Å². The number of nitrogens with zero attached hydrogens (tertiary/aromatic N) is 2. The number of carbonyl (C=O) groups excluding carboxylic acids is 2. The molecule has 2 aliphatic rings. The van der Waals surface area contributed by atoms with Crippen LogP contribution in [0.2, 0.25) is 0 Å². The number of benzene rings is 1. The SMILES string of the molecule is CC(=O)c1cccc(NC(=O)N2C3CCC2CN(C)C3)c1. The Morgan fingerprint density at radius 2 is 1.86 bits per heavy atom. The Kier molecular flexibility index (Phi) is 3.68. The van der Waals surface area contributed by atoms with E-state index in [0.29, 0.717) is 23.3 Å². The van der Waals surface area contributed by atoms with Gasteiger partial charge in [-0.3, -0.25) is 4.79 Å². The molecule has 2 saturated heterocycles. The van der Waals surface area contributed by atoms with E-state index in [9.17, 15) is 9.59 Å².